The number of nitrogens with zero attached hydrogens (tertiary/aromatic N) is 4. The number of carbonyl (C=O) groups excluding carboxylic acids is 2. The summed E-state index contributed by atoms with van der Waals surface area (Å²) in [6, 6.07) is 5.52. The molecular formula is C16H17N5O3. The number of carbonyl (C=O) groups is 2. The summed E-state index contributed by atoms with van der Waals surface area (Å²) in [7, 11) is 0. The molecule has 2 aliphatic heterocycles. The van der Waals surface area contributed by atoms with E-state index >= 15 is 0 Å². The second kappa shape index (κ2) is 6.03. The number of amides is 2. The highest BCUT2D eigenvalue weighted by atomic mass is 16.5. The third-order valence-corrected chi connectivity index (χ3v) is 4.49. The largest absolute Gasteiger partial charge is 0.355 e. The van der Waals surface area contributed by atoms with Crippen molar-refractivity contribution in [1.82, 2.24) is 25.3 Å². The zero-order valence-corrected chi connectivity index (χ0v) is 13.0. The van der Waals surface area contributed by atoms with Gasteiger partial charge in [-0.25, -0.2) is 0 Å². The molecule has 24 heavy (non-hydrogen) atoms. The Bertz CT molecular complexity index is 744. The van der Waals surface area contributed by atoms with Crippen LogP contribution in [0.15, 0.2) is 28.9 Å². The highest BCUT2D eigenvalue weighted by Crippen LogP contribution is 2.29. The van der Waals surface area contributed by atoms with Gasteiger partial charge in [0.25, 0.3) is 0 Å². The standard InChI is InChI=1S/C16H17N5O3/c22-13-5-4-10(7-18-13)16(23)21-8-11(9-21)15-19-14(20-24-15)12-3-1-2-6-17-12/h1-3,6,10-11H,4-5,7-9H2,(H,18,22). The van der Waals surface area contributed by atoms with Crippen molar-refractivity contribution in [2.75, 3.05) is 19.6 Å². The first-order valence-electron chi connectivity index (χ1n) is 8.01. The lowest BCUT2D eigenvalue weighted by Crippen LogP contribution is -2.53. The lowest BCUT2D eigenvalue weighted by Gasteiger charge is -2.39. The van der Waals surface area contributed by atoms with Crippen molar-refractivity contribution in [2.24, 2.45) is 5.92 Å². The van der Waals surface area contributed by atoms with Crippen LogP contribution in [0.3, 0.4) is 0 Å². The summed E-state index contributed by atoms with van der Waals surface area (Å²) < 4.78 is 5.31. The van der Waals surface area contributed by atoms with Gasteiger partial charge in [0, 0.05) is 32.3 Å². The quantitative estimate of drug-likeness (QED) is 0.885. The minimum Gasteiger partial charge on any atom is -0.355 e. The average molecular weight is 327 g/mol. The van der Waals surface area contributed by atoms with Crippen molar-refractivity contribution in [3.8, 4) is 11.5 Å². The van der Waals surface area contributed by atoms with Crippen molar-refractivity contribution in [2.45, 2.75) is 18.8 Å². The van der Waals surface area contributed by atoms with E-state index in [1.165, 1.54) is 0 Å². The van der Waals surface area contributed by atoms with E-state index in [1.54, 1.807) is 11.1 Å². The van der Waals surface area contributed by atoms with Crippen molar-refractivity contribution in [3.05, 3.63) is 30.3 Å². The molecule has 0 aromatic carbocycles. The Morgan fingerprint density at radius 1 is 1.33 bits per heavy atom. The maximum absolute atomic E-state index is 12.4. The Hall–Kier alpha value is -2.77. The van der Waals surface area contributed by atoms with E-state index < -0.39 is 0 Å². The Morgan fingerprint density at radius 3 is 2.92 bits per heavy atom. The molecule has 0 radical (unpaired) electrons. The van der Waals surface area contributed by atoms with Crippen molar-refractivity contribution in [3.63, 3.8) is 0 Å². The summed E-state index contributed by atoms with van der Waals surface area (Å²) in [4.78, 5) is 33.9. The van der Waals surface area contributed by atoms with Crippen LogP contribution in [0.2, 0.25) is 0 Å². The van der Waals surface area contributed by atoms with Crippen LogP contribution in [-0.2, 0) is 9.59 Å². The number of pyridine rings is 1. The monoisotopic (exact) mass is 327 g/mol. The lowest BCUT2D eigenvalue weighted by atomic mass is 9.93. The van der Waals surface area contributed by atoms with Crippen LogP contribution < -0.4 is 5.32 Å². The molecule has 1 N–H and O–H groups in total. The molecule has 0 saturated carbocycles. The molecule has 8 heteroatoms. The summed E-state index contributed by atoms with van der Waals surface area (Å²) in [5, 5.41) is 6.70. The van der Waals surface area contributed by atoms with Gasteiger partial charge in [-0.15, -0.1) is 0 Å². The molecule has 1 unspecified atom stereocenters. The van der Waals surface area contributed by atoms with Crippen LogP contribution in [0.5, 0.6) is 0 Å². The number of piperidine rings is 1. The molecule has 1 atom stereocenters. The molecule has 124 valence electrons. The van der Waals surface area contributed by atoms with E-state index in [0.29, 0.717) is 49.9 Å². The van der Waals surface area contributed by atoms with Gasteiger partial charge in [-0.1, -0.05) is 11.2 Å². The minimum absolute atomic E-state index is 0.0217. The summed E-state index contributed by atoms with van der Waals surface area (Å²) in [5.41, 5.74) is 0.665. The van der Waals surface area contributed by atoms with Crippen LogP contribution in [0.4, 0.5) is 0 Å². The van der Waals surface area contributed by atoms with Crippen LogP contribution in [0.25, 0.3) is 11.5 Å². The van der Waals surface area contributed by atoms with Gasteiger partial charge in [-0.3, -0.25) is 14.6 Å². The fourth-order valence-electron chi connectivity index (χ4n) is 3.02. The summed E-state index contributed by atoms with van der Waals surface area (Å²) >= 11 is 0. The smallest absolute Gasteiger partial charge is 0.233 e. The van der Waals surface area contributed by atoms with Gasteiger partial charge in [-0.2, -0.15) is 4.98 Å². The Morgan fingerprint density at radius 2 is 2.21 bits per heavy atom. The van der Waals surface area contributed by atoms with Gasteiger partial charge >= 0.3 is 0 Å². The lowest BCUT2D eigenvalue weighted by molar-refractivity contribution is -0.142. The first kappa shape index (κ1) is 14.8. The van der Waals surface area contributed by atoms with Gasteiger partial charge in [0.2, 0.25) is 23.5 Å². The van der Waals surface area contributed by atoms with Crippen LogP contribution >= 0.6 is 0 Å². The fraction of sp³-hybridized carbons (Fsp3) is 0.438. The van der Waals surface area contributed by atoms with Gasteiger partial charge in [0.15, 0.2) is 0 Å². The molecule has 0 spiro atoms. The zero-order chi connectivity index (χ0) is 16.5. The SMILES string of the molecule is O=C1CCC(C(=O)N2CC(c3nc(-c4ccccn4)no3)C2)CN1. The third kappa shape index (κ3) is 2.75. The molecule has 0 aliphatic carbocycles. The summed E-state index contributed by atoms with van der Waals surface area (Å²) in [6.45, 7) is 1.59. The number of rotatable bonds is 3. The Kier molecular flexibility index (Phi) is 3.72. The first-order chi connectivity index (χ1) is 11.7. The predicted molar refractivity (Wildman–Crippen MR) is 82.6 cm³/mol. The molecule has 2 amide bonds. The Labute approximate surface area is 138 Å². The second-order valence-electron chi connectivity index (χ2n) is 6.15. The predicted octanol–water partition coefficient (Wildman–Crippen LogP) is 0.584. The fourth-order valence-corrected chi connectivity index (χ4v) is 3.02. The molecule has 4 heterocycles. The third-order valence-electron chi connectivity index (χ3n) is 4.49. The van der Waals surface area contributed by atoms with E-state index in [0.717, 1.165) is 0 Å². The van der Waals surface area contributed by atoms with E-state index in [9.17, 15) is 9.59 Å². The van der Waals surface area contributed by atoms with Crippen LogP contribution in [0.1, 0.15) is 24.7 Å². The topological polar surface area (TPSA) is 101 Å². The number of hydrogen-bond acceptors (Lipinski definition) is 6. The number of aromatic nitrogens is 3. The van der Waals surface area contributed by atoms with E-state index in [4.69, 9.17) is 4.52 Å². The van der Waals surface area contributed by atoms with E-state index in [-0.39, 0.29) is 23.7 Å². The zero-order valence-electron chi connectivity index (χ0n) is 13.0. The summed E-state index contributed by atoms with van der Waals surface area (Å²) in [6.07, 6.45) is 2.72. The molecule has 0 bridgehead atoms. The van der Waals surface area contributed by atoms with Crippen molar-refractivity contribution >= 4 is 11.8 Å². The van der Waals surface area contributed by atoms with Gasteiger partial charge < -0.3 is 14.7 Å². The van der Waals surface area contributed by atoms with Crippen LogP contribution in [-0.4, -0.2) is 51.5 Å². The van der Waals surface area contributed by atoms with Gasteiger partial charge in [0.05, 0.1) is 11.8 Å². The average Bonchev–Trinajstić information content (AvgIpc) is 3.04. The molecular weight excluding hydrogens is 310 g/mol. The molecule has 2 saturated heterocycles. The molecule has 2 aliphatic rings. The maximum atomic E-state index is 12.4. The van der Waals surface area contributed by atoms with Gasteiger partial charge in [-0.05, 0) is 18.6 Å². The molecule has 4 rings (SSSR count). The number of nitrogens with one attached hydrogen (secondary N) is 1. The second-order valence-corrected chi connectivity index (χ2v) is 6.15. The molecule has 8 nitrogen and oxygen atoms in total. The highest BCUT2D eigenvalue weighted by Gasteiger charge is 2.39. The first-order valence-corrected chi connectivity index (χ1v) is 8.01. The van der Waals surface area contributed by atoms with E-state index in [2.05, 4.69) is 20.4 Å². The normalized spacial score (nSPS) is 21.2. The van der Waals surface area contributed by atoms with Crippen molar-refractivity contribution < 1.29 is 14.1 Å². The number of hydrogen-bond donors (Lipinski definition) is 1. The maximum Gasteiger partial charge on any atom is 0.233 e. The van der Waals surface area contributed by atoms with Crippen molar-refractivity contribution in [1.29, 1.82) is 0 Å². The minimum atomic E-state index is -0.115. The number of likely N-dealkylation sites (tertiary alicyclic amines) is 1. The van der Waals surface area contributed by atoms with Gasteiger partial charge in [0.1, 0.15) is 5.69 Å². The highest BCUT2D eigenvalue weighted by molar-refractivity contribution is 5.84. The molecule has 2 aromatic heterocycles. The molecule has 2 fully saturated rings. The van der Waals surface area contributed by atoms with Crippen LogP contribution in [0, 0.1) is 5.92 Å². The summed E-state index contributed by atoms with van der Waals surface area (Å²) in [5.74, 6) is 1.07. The Balaban J connectivity index is 1.35. The van der Waals surface area contributed by atoms with E-state index in [1.807, 2.05) is 18.2 Å². The molecule has 2 aromatic rings.